The molecule has 4 aliphatic rings. The fourth-order valence-electron chi connectivity index (χ4n) is 5.98. The van der Waals surface area contributed by atoms with Crippen LogP contribution in [0.3, 0.4) is 0 Å². The Balaban J connectivity index is 1.10. The number of carbonyl (C=O) groups is 2. The van der Waals surface area contributed by atoms with E-state index in [-0.39, 0.29) is 29.2 Å². The van der Waals surface area contributed by atoms with Gasteiger partial charge in [-0.2, -0.15) is 0 Å². The van der Waals surface area contributed by atoms with E-state index >= 15 is 0 Å². The van der Waals surface area contributed by atoms with Crippen LogP contribution < -0.4 is 9.88 Å². The Bertz CT molecular complexity index is 1410. The van der Waals surface area contributed by atoms with E-state index in [0.29, 0.717) is 56.1 Å². The first-order chi connectivity index (χ1) is 19.2. The number of hydrogen-bond acceptors (Lipinski definition) is 7. The monoisotopic (exact) mass is 572 g/mol. The summed E-state index contributed by atoms with van der Waals surface area (Å²) in [5, 5.41) is 5.02. The van der Waals surface area contributed by atoms with Crippen LogP contribution in [0.15, 0.2) is 35.2 Å². The molecule has 3 aliphatic heterocycles. The molecule has 3 saturated heterocycles. The highest BCUT2D eigenvalue weighted by Crippen LogP contribution is 2.40. The molecule has 0 radical (unpaired) electrons. The summed E-state index contributed by atoms with van der Waals surface area (Å²) in [6, 6.07) is 6.84. The molecule has 0 spiro atoms. The average molecular weight is 573 g/mol. The normalized spacial score (nSPS) is 23.4. The van der Waals surface area contributed by atoms with Crippen molar-refractivity contribution in [1.29, 1.82) is 0 Å². The number of primary sulfonamides is 1. The van der Waals surface area contributed by atoms with Crippen LogP contribution in [0.4, 0.5) is 4.39 Å². The maximum atomic E-state index is 14.3. The largest absolute Gasteiger partial charge is 0.477 e. The summed E-state index contributed by atoms with van der Waals surface area (Å²) in [6.07, 6.45) is 4.05. The quantitative estimate of drug-likeness (QED) is 0.539. The second-order valence-electron chi connectivity index (χ2n) is 11.4. The van der Waals surface area contributed by atoms with Crippen molar-refractivity contribution in [2.24, 2.45) is 22.9 Å². The van der Waals surface area contributed by atoms with E-state index in [1.807, 2.05) is 11.0 Å². The maximum absolute atomic E-state index is 14.3. The lowest BCUT2D eigenvalue weighted by Gasteiger charge is -2.23. The zero-order chi connectivity index (χ0) is 28.0. The summed E-state index contributed by atoms with van der Waals surface area (Å²) in [4.78, 5) is 34.1. The van der Waals surface area contributed by atoms with Crippen LogP contribution in [-0.4, -0.2) is 81.0 Å². The molecule has 1 aromatic carbocycles. The minimum atomic E-state index is -4.21. The SMILES string of the molecule is NS(=O)(=O)c1ccc(C(=O)N2CC3CN(C(=O)c4cc(OCC5CCOCC5)nc(C5CC5)c4)CC3C2)cc1F. The van der Waals surface area contributed by atoms with E-state index in [4.69, 9.17) is 19.6 Å². The molecule has 2 atom stereocenters. The minimum absolute atomic E-state index is 0.0619. The van der Waals surface area contributed by atoms with Gasteiger partial charge in [0.05, 0.1) is 6.61 Å². The second kappa shape index (κ2) is 10.7. The van der Waals surface area contributed by atoms with E-state index in [1.165, 1.54) is 6.07 Å². The third kappa shape index (κ3) is 5.70. The van der Waals surface area contributed by atoms with Gasteiger partial charge >= 0.3 is 0 Å². The molecule has 40 heavy (non-hydrogen) atoms. The lowest BCUT2D eigenvalue weighted by Crippen LogP contribution is -2.35. The molecular weight excluding hydrogens is 539 g/mol. The second-order valence-corrected chi connectivity index (χ2v) is 12.9. The van der Waals surface area contributed by atoms with Crippen molar-refractivity contribution >= 4 is 21.8 Å². The number of likely N-dealkylation sites (tertiary alicyclic amines) is 2. The van der Waals surface area contributed by atoms with Gasteiger partial charge in [0.1, 0.15) is 10.7 Å². The van der Waals surface area contributed by atoms with Gasteiger partial charge in [0.25, 0.3) is 11.8 Å². The smallest absolute Gasteiger partial charge is 0.254 e. The number of aromatic nitrogens is 1. The fourth-order valence-corrected chi connectivity index (χ4v) is 6.57. The standard InChI is InChI=1S/C28H33FN4O6S/c29-23-9-19(3-4-25(23)40(30,36)37)27(34)32-12-21-14-33(15-22(21)13-32)28(35)20-10-24(18-1-2-18)31-26(11-20)39-16-17-5-7-38-8-6-17/h3-4,9-11,17-18,21-22H,1-2,5-8,12-16H2,(H2,30,36,37). The number of pyridine rings is 1. The Morgan fingerprint density at radius 2 is 1.57 bits per heavy atom. The topological polar surface area (TPSA) is 132 Å². The van der Waals surface area contributed by atoms with Gasteiger partial charge in [0.2, 0.25) is 15.9 Å². The predicted octanol–water partition coefficient (Wildman–Crippen LogP) is 2.40. The van der Waals surface area contributed by atoms with Crippen molar-refractivity contribution in [2.45, 2.75) is 36.5 Å². The van der Waals surface area contributed by atoms with E-state index in [9.17, 15) is 22.4 Å². The molecule has 4 heterocycles. The highest BCUT2D eigenvalue weighted by molar-refractivity contribution is 7.89. The first kappa shape index (κ1) is 27.1. The van der Waals surface area contributed by atoms with Gasteiger partial charge in [-0.15, -0.1) is 0 Å². The van der Waals surface area contributed by atoms with Crippen molar-refractivity contribution in [1.82, 2.24) is 14.8 Å². The van der Waals surface area contributed by atoms with Crippen molar-refractivity contribution in [3.63, 3.8) is 0 Å². The minimum Gasteiger partial charge on any atom is -0.477 e. The molecule has 0 bridgehead atoms. The average Bonchev–Trinajstić information content (AvgIpc) is 3.60. The van der Waals surface area contributed by atoms with Crippen molar-refractivity contribution in [3.05, 3.63) is 53.0 Å². The van der Waals surface area contributed by atoms with Crippen LogP contribution in [0.5, 0.6) is 5.88 Å². The Morgan fingerprint density at radius 3 is 2.15 bits per heavy atom. The molecule has 1 aromatic heterocycles. The maximum Gasteiger partial charge on any atom is 0.254 e. The lowest BCUT2D eigenvalue weighted by molar-refractivity contribution is 0.0490. The molecule has 12 heteroatoms. The highest BCUT2D eigenvalue weighted by atomic mass is 32.2. The molecule has 1 aliphatic carbocycles. The van der Waals surface area contributed by atoms with Crippen molar-refractivity contribution < 1.29 is 31.9 Å². The van der Waals surface area contributed by atoms with Crippen LogP contribution >= 0.6 is 0 Å². The van der Waals surface area contributed by atoms with Gasteiger partial charge in [-0.05, 0) is 55.9 Å². The molecular formula is C28H33FN4O6S. The fraction of sp³-hybridized carbons (Fsp3) is 0.536. The van der Waals surface area contributed by atoms with Crippen LogP contribution in [0.25, 0.3) is 0 Å². The first-order valence-electron chi connectivity index (χ1n) is 13.8. The van der Waals surface area contributed by atoms with Crippen LogP contribution in [-0.2, 0) is 14.8 Å². The molecule has 4 fully saturated rings. The summed E-state index contributed by atoms with van der Waals surface area (Å²) in [5.41, 5.74) is 1.55. The Kier molecular flexibility index (Phi) is 7.26. The third-order valence-corrected chi connectivity index (χ3v) is 9.36. The number of ether oxygens (including phenoxy) is 2. The van der Waals surface area contributed by atoms with E-state index in [2.05, 4.69) is 0 Å². The zero-order valence-corrected chi connectivity index (χ0v) is 22.9. The summed E-state index contributed by atoms with van der Waals surface area (Å²) >= 11 is 0. The molecule has 2 aromatic rings. The summed E-state index contributed by atoms with van der Waals surface area (Å²) in [5.74, 6) is 0.0193. The highest BCUT2D eigenvalue weighted by Gasteiger charge is 2.43. The van der Waals surface area contributed by atoms with Crippen molar-refractivity contribution in [2.75, 3.05) is 46.0 Å². The Labute approximate surface area is 232 Å². The molecule has 2 amide bonds. The first-order valence-corrected chi connectivity index (χ1v) is 15.3. The van der Waals surface area contributed by atoms with Gasteiger partial charge < -0.3 is 19.3 Å². The van der Waals surface area contributed by atoms with Gasteiger partial charge in [-0.25, -0.2) is 22.9 Å². The number of halogens is 1. The van der Waals surface area contributed by atoms with Gasteiger partial charge in [-0.1, -0.05) is 0 Å². The van der Waals surface area contributed by atoms with Gasteiger partial charge in [0.15, 0.2) is 0 Å². The molecule has 1 saturated carbocycles. The number of sulfonamides is 1. The van der Waals surface area contributed by atoms with Gasteiger partial charge in [-0.3, -0.25) is 9.59 Å². The Morgan fingerprint density at radius 1 is 0.950 bits per heavy atom. The van der Waals surface area contributed by atoms with Gasteiger partial charge in [0, 0.05) is 80.0 Å². The number of carbonyl (C=O) groups excluding carboxylic acids is 2. The summed E-state index contributed by atoms with van der Waals surface area (Å²) < 4.78 is 48.7. The number of fused-ring (bicyclic) bond motifs is 1. The predicted molar refractivity (Wildman–Crippen MR) is 142 cm³/mol. The van der Waals surface area contributed by atoms with Crippen LogP contribution in [0.1, 0.15) is 58.0 Å². The van der Waals surface area contributed by atoms with Crippen LogP contribution in [0.2, 0.25) is 0 Å². The lowest BCUT2D eigenvalue weighted by atomic mass is 10.0. The third-order valence-electron chi connectivity index (χ3n) is 8.42. The number of rotatable bonds is 7. The molecule has 2 unspecified atom stereocenters. The Hall–Kier alpha value is -3.09. The molecule has 214 valence electrons. The zero-order valence-electron chi connectivity index (χ0n) is 22.1. The van der Waals surface area contributed by atoms with Crippen molar-refractivity contribution in [3.8, 4) is 5.88 Å². The summed E-state index contributed by atoms with van der Waals surface area (Å²) in [7, 11) is -4.21. The van der Waals surface area contributed by atoms with Crippen LogP contribution in [0, 0.1) is 23.6 Å². The molecule has 6 rings (SSSR count). The van der Waals surface area contributed by atoms with E-state index < -0.39 is 20.7 Å². The molecule has 2 N–H and O–H groups in total. The number of nitrogens with zero attached hydrogens (tertiary/aromatic N) is 3. The number of hydrogen-bond donors (Lipinski definition) is 1. The number of benzene rings is 1. The van der Waals surface area contributed by atoms with E-state index in [1.54, 1.807) is 11.0 Å². The number of amides is 2. The summed E-state index contributed by atoms with van der Waals surface area (Å²) in [6.45, 7) is 3.97. The molecule has 10 nitrogen and oxygen atoms in total. The number of nitrogens with two attached hydrogens (primary N) is 1. The van der Waals surface area contributed by atoms with E-state index in [0.717, 1.165) is 56.7 Å².